The predicted molar refractivity (Wildman–Crippen MR) is 75.1 cm³/mol. The molecule has 0 spiro atoms. The van der Waals surface area contributed by atoms with Crippen LogP contribution in [0, 0.1) is 0 Å². The van der Waals surface area contributed by atoms with Crippen LogP contribution in [0.3, 0.4) is 0 Å². The molecule has 6 nitrogen and oxygen atoms in total. The summed E-state index contributed by atoms with van der Waals surface area (Å²) in [4.78, 5) is 11.5. The van der Waals surface area contributed by atoms with Gasteiger partial charge in [0.05, 0.1) is 5.69 Å². The molecule has 104 valence electrons. The fourth-order valence-corrected chi connectivity index (χ4v) is 2.32. The fourth-order valence-electron chi connectivity index (χ4n) is 1.64. The monoisotopic (exact) mass is 292 g/mol. The summed E-state index contributed by atoms with van der Waals surface area (Å²) >= 11 is 0. The van der Waals surface area contributed by atoms with Crippen molar-refractivity contribution in [3.8, 4) is 0 Å². The molecule has 0 aliphatic carbocycles. The van der Waals surface area contributed by atoms with Crippen LogP contribution >= 0.6 is 0 Å². The third-order valence-corrected chi connectivity index (χ3v) is 3.46. The van der Waals surface area contributed by atoms with E-state index in [0.717, 1.165) is 6.07 Å². The number of hydrogen-bond donors (Lipinski definition) is 3. The lowest BCUT2D eigenvalue weighted by Crippen LogP contribution is -2.14. The maximum Gasteiger partial charge on any atom is 0.296 e. The molecule has 0 radical (unpaired) electrons. The molecule has 2 aromatic rings. The Bertz CT molecular complexity index is 742. The van der Waals surface area contributed by atoms with Gasteiger partial charge in [0, 0.05) is 11.3 Å². The Morgan fingerprint density at radius 2 is 1.75 bits per heavy atom. The van der Waals surface area contributed by atoms with Gasteiger partial charge in [-0.05, 0) is 30.3 Å². The van der Waals surface area contributed by atoms with E-state index in [1.54, 1.807) is 30.3 Å². The average Bonchev–Trinajstić information content (AvgIpc) is 2.40. The minimum atomic E-state index is -4.48. The molecule has 0 aliphatic rings. The summed E-state index contributed by atoms with van der Waals surface area (Å²) in [5, 5.41) is 2.43. The van der Waals surface area contributed by atoms with Crippen molar-refractivity contribution in [1.82, 2.24) is 0 Å². The minimum absolute atomic E-state index is 0.0319. The van der Waals surface area contributed by atoms with E-state index in [4.69, 9.17) is 10.3 Å². The van der Waals surface area contributed by atoms with Gasteiger partial charge in [-0.15, -0.1) is 0 Å². The first kappa shape index (κ1) is 14.0. The number of rotatable bonds is 3. The number of nitrogens with two attached hydrogens (primary N) is 1. The minimum Gasteiger partial charge on any atom is -0.399 e. The molecule has 7 heteroatoms. The first-order valence-electron chi connectivity index (χ1n) is 5.61. The van der Waals surface area contributed by atoms with Crippen molar-refractivity contribution in [3.63, 3.8) is 0 Å². The summed E-state index contributed by atoms with van der Waals surface area (Å²) in [5.41, 5.74) is 5.97. The van der Waals surface area contributed by atoms with Crippen LogP contribution < -0.4 is 11.1 Å². The molecule has 2 aromatic carbocycles. The molecule has 20 heavy (non-hydrogen) atoms. The van der Waals surface area contributed by atoms with Crippen molar-refractivity contribution in [2.24, 2.45) is 0 Å². The van der Waals surface area contributed by atoms with Crippen LogP contribution in [0.15, 0.2) is 53.4 Å². The fraction of sp³-hybridized carbons (Fsp3) is 0. The Kier molecular flexibility index (Phi) is 3.73. The van der Waals surface area contributed by atoms with Gasteiger partial charge in [0.25, 0.3) is 16.0 Å². The van der Waals surface area contributed by atoms with Crippen LogP contribution in [0.1, 0.15) is 10.4 Å². The SMILES string of the molecule is Nc1ccc(NC(=O)c2ccccc2)c(S(=O)(=O)O)c1. The molecule has 2 rings (SSSR count). The van der Waals surface area contributed by atoms with E-state index in [0.29, 0.717) is 5.56 Å². The summed E-state index contributed by atoms with van der Waals surface area (Å²) in [6.45, 7) is 0. The van der Waals surface area contributed by atoms with Gasteiger partial charge in [-0.3, -0.25) is 9.35 Å². The molecule has 0 bridgehead atoms. The first-order chi connectivity index (χ1) is 9.38. The molecule has 0 heterocycles. The average molecular weight is 292 g/mol. The number of anilines is 2. The van der Waals surface area contributed by atoms with Crippen molar-refractivity contribution < 1.29 is 17.8 Å². The highest BCUT2D eigenvalue weighted by Gasteiger charge is 2.18. The van der Waals surface area contributed by atoms with E-state index < -0.39 is 20.9 Å². The predicted octanol–water partition coefficient (Wildman–Crippen LogP) is 1.77. The third-order valence-electron chi connectivity index (χ3n) is 2.57. The molecule has 0 fully saturated rings. The van der Waals surface area contributed by atoms with Crippen molar-refractivity contribution in [2.45, 2.75) is 4.90 Å². The molecule has 0 atom stereocenters. The Morgan fingerprint density at radius 1 is 1.10 bits per heavy atom. The van der Waals surface area contributed by atoms with E-state index in [-0.39, 0.29) is 11.4 Å². The highest BCUT2D eigenvalue weighted by atomic mass is 32.2. The van der Waals surface area contributed by atoms with Crippen LogP contribution in [0.5, 0.6) is 0 Å². The lowest BCUT2D eigenvalue weighted by atomic mass is 10.2. The zero-order valence-electron chi connectivity index (χ0n) is 10.3. The van der Waals surface area contributed by atoms with Gasteiger partial charge in [0.2, 0.25) is 0 Å². The Labute approximate surface area is 116 Å². The third kappa shape index (κ3) is 3.14. The highest BCUT2D eigenvalue weighted by molar-refractivity contribution is 7.86. The smallest absolute Gasteiger partial charge is 0.296 e. The maximum absolute atomic E-state index is 12.0. The number of nitrogen functional groups attached to an aromatic ring is 1. The van der Waals surface area contributed by atoms with Crippen LogP contribution in [0.4, 0.5) is 11.4 Å². The van der Waals surface area contributed by atoms with Crippen molar-refractivity contribution in [2.75, 3.05) is 11.1 Å². The molecule has 1 amide bonds. The van der Waals surface area contributed by atoms with Crippen LogP contribution in [-0.4, -0.2) is 18.9 Å². The second-order valence-corrected chi connectivity index (χ2v) is 5.44. The van der Waals surface area contributed by atoms with Crippen LogP contribution in [-0.2, 0) is 10.1 Å². The van der Waals surface area contributed by atoms with Gasteiger partial charge >= 0.3 is 0 Å². The standard InChI is InChI=1S/C13H12N2O4S/c14-10-6-7-11(12(8-10)20(17,18)19)15-13(16)9-4-2-1-3-5-9/h1-8H,14H2,(H,15,16)(H,17,18,19). The van der Waals surface area contributed by atoms with Crippen LogP contribution in [0.2, 0.25) is 0 Å². The van der Waals surface area contributed by atoms with E-state index in [2.05, 4.69) is 5.32 Å². The van der Waals surface area contributed by atoms with Crippen molar-refractivity contribution >= 4 is 27.4 Å². The van der Waals surface area contributed by atoms with Crippen molar-refractivity contribution in [3.05, 3.63) is 54.1 Å². The van der Waals surface area contributed by atoms with Crippen LogP contribution in [0.25, 0.3) is 0 Å². The Hall–Kier alpha value is -2.38. The maximum atomic E-state index is 12.0. The zero-order chi connectivity index (χ0) is 14.8. The zero-order valence-corrected chi connectivity index (χ0v) is 11.1. The summed E-state index contributed by atoms with van der Waals surface area (Å²) in [6, 6.07) is 12.1. The number of hydrogen-bond acceptors (Lipinski definition) is 4. The quantitative estimate of drug-likeness (QED) is 0.590. The summed E-state index contributed by atoms with van der Waals surface area (Å²) in [6.07, 6.45) is 0. The highest BCUT2D eigenvalue weighted by Crippen LogP contribution is 2.24. The molecular formula is C13H12N2O4S. The van der Waals surface area contributed by atoms with E-state index >= 15 is 0 Å². The lowest BCUT2D eigenvalue weighted by Gasteiger charge is -2.10. The van der Waals surface area contributed by atoms with E-state index in [9.17, 15) is 13.2 Å². The molecule has 0 saturated heterocycles. The summed E-state index contributed by atoms with van der Waals surface area (Å²) in [7, 11) is -4.48. The number of amides is 1. The van der Waals surface area contributed by atoms with Gasteiger partial charge in [0.15, 0.2) is 0 Å². The van der Waals surface area contributed by atoms with Gasteiger partial charge in [-0.2, -0.15) is 8.42 Å². The summed E-state index contributed by atoms with van der Waals surface area (Å²) in [5.74, 6) is -0.486. The largest absolute Gasteiger partial charge is 0.399 e. The molecule has 0 saturated carbocycles. The lowest BCUT2D eigenvalue weighted by molar-refractivity contribution is 0.102. The van der Waals surface area contributed by atoms with Gasteiger partial charge in [-0.1, -0.05) is 18.2 Å². The topological polar surface area (TPSA) is 109 Å². The van der Waals surface area contributed by atoms with E-state index in [1.165, 1.54) is 12.1 Å². The number of nitrogens with one attached hydrogen (secondary N) is 1. The second kappa shape index (κ2) is 5.32. The molecular weight excluding hydrogens is 280 g/mol. The summed E-state index contributed by atoms with van der Waals surface area (Å²) < 4.78 is 31.7. The normalized spacial score (nSPS) is 11.1. The van der Waals surface area contributed by atoms with Gasteiger partial charge in [0.1, 0.15) is 4.90 Å². The number of benzene rings is 2. The van der Waals surface area contributed by atoms with Crippen molar-refractivity contribution in [1.29, 1.82) is 0 Å². The second-order valence-electron chi connectivity index (χ2n) is 4.05. The van der Waals surface area contributed by atoms with E-state index in [1.807, 2.05) is 0 Å². The van der Waals surface area contributed by atoms with Gasteiger partial charge in [-0.25, -0.2) is 0 Å². The Balaban J connectivity index is 2.38. The van der Waals surface area contributed by atoms with Gasteiger partial charge < -0.3 is 11.1 Å². The molecule has 0 aromatic heterocycles. The molecule has 0 unspecified atom stereocenters. The molecule has 4 N–H and O–H groups in total. The first-order valence-corrected chi connectivity index (χ1v) is 7.05. The number of carbonyl (C=O) groups excluding carboxylic acids is 1. The Morgan fingerprint density at radius 3 is 2.35 bits per heavy atom. The number of carbonyl (C=O) groups is 1. The molecule has 0 aliphatic heterocycles.